The van der Waals surface area contributed by atoms with E-state index >= 15 is 0 Å². The molecule has 0 aromatic heterocycles. The molecule has 70 valence electrons. The van der Waals surface area contributed by atoms with Crippen LogP contribution in [0, 0.1) is 0 Å². The summed E-state index contributed by atoms with van der Waals surface area (Å²) in [6, 6.07) is 0. The second kappa shape index (κ2) is 4.14. The number of hydrogen-bond donors (Lipinski definition) is 1. The molecule has 0 aromatic carbocycles. The van der Waals surface area contributed by atoms with Crippen molar-refractivity contribution in [3.8, 4) is 0 Å². The maximum absolute atomic E-state index is 11.4. The lowest BCUT2D eigenvalue weighted by Crippen LogP contribution is -2.52. The summed E-state index contributed by atoms with van der Waals surface area (Å²) in [6.07, 6.45) is 0.887. The zero-order valence-corrected chi connectivity index (χ0v) is 8.37. The van der Waals surface area contributed by atoms with Crippen molar-refractivity contribution in [1.82, 2.24) is 5.32 Å². The number of esters is 1. The van der Waals surface area contributed by atoms with Crippen molar-refractivity contribution in [1.29, 1.82) is 0 Å². The molecule has 0 radical (unpaired) electrons. The molecular weight excluding hydrogens is 174 g/mol. The number of rotatable bonds is 3. The topological polar surface area (TPSA) is 38.3 Å². The second-order valence-electron chi connectivity index (χ2n) is 2.91. The fourth-order valence-corrected chi connectivity index (χ4v) is 2.82. The molecule has 12 heavy (non-hydrogen) atoms. The molecule has 1 saturated heterocycles. The van der Waals surface area contributed by atoms with Gasteiger partial charge in [-0.3, -0.25) is 4.79 Å². The van der Waals surface area contributed by atoms with E-state index in [2.05, 4.69) is 5.32 Å². The molecule has 0 bridgehead atoms. The number of thioether (sulfide) groups is 1. The minimum Gasteiger partial charge on any atom is -0.468 e. The summed E-state index contributed by atoms with van der Waals surface area (Å²) in [7, 11) is 1.45. The Morgan fingerprint density at radius 3 is 2.92 bits per heavy atom. The number of nitrogens with one attached hydrogen (secondary N) is 1. The van der Waals surface area contributed by atoms with Gasteiger partial charge in [0.05, 0.1) is 7.11 Å². The first-order chi connectivity index (χ1) is 5.75. The molecule has 0 spiro atoms. The van der Waals surface area contributed by atoms with E-state index in [-0.39, 0.29) is 5.97 Å². The van der Waals surface area contributed by atoms with E-state index < -0.39 is 5.54 Å². The van der Waals surface area contributed by atoms with Crippen molar-refractivity contribution in [2.75, 3.05) is 25.2 Å². The predicted octanol–water partition coefficient (Wildman–Crippen LogP) is 0.645. The molecule has 0 amide bonds. The van der Waals surface area contributed by atoms with E-state index in [4.69, 9.17) is 4.74 Å². The lowest BCUT2D eigenvalue weighted by molar-refractivity contribution is -0.147. The van der Waals surface area contributed by atoms with Gasteiger partial charge in [-0.25, -0.2) is 0 Å². The van der Waals surface area contributed by atoms with E-state index in [1.807, 2.05) is 6.92 Å². The molecule has 1 aliphatic heterocycles. The van der Waals surface area contributed by atoms with Crippen molar-refractivity contribution in [3.05, 3.63) is 0 Å². The van der Waals surface area contributed by atoms with Crippen LogP contribution in [-0.4, -0.2) is 36.7 Å². The SMILES string of the molecule is CCNC1(C(=O)OC)CCSC1. The third-order valence-corrected chi connectivity index (χ3v) is 3.30. The highest BCUT2D eigenvalue weighted by atomic mass is 32.2. The van der Waals surface area contributed by atoms with Gasteiger partial charge in [-0.15, -0.1) is 0 Å². The maximum Gasteiger partial charge on any atom is 0.326 e. The predicted molar refractivity (Wildman–Crippen MR) is 50.4 cm³/mol. The zero-order valence-electron chi connectivity index (χ0n) is 7.55. The van der Waals surface area contributed by atoms with Crippen molar-refractivity contribution in [2.45, 2.75) is 18.9 Å². The highest BCUT2D eigenvalue weighted by Gasteiger charge is 2.41. The van der Waals surface area contributed by atoms with Crippen LogP contribution in [0.3, 0.4) is 0 Å². The van der Waals surface area contributed by atoms with Gasteiger partial charge in [0.1, 0.15) is 5.54 Å². The van der Waals surface area contributed by atoms with Crippen molar-refractivity contribution in [3.63, 3.8) is 0 Å². The molecule has 1 unspecified atom stereocenters. The van der Waals surface area contributed by atoms with Gasteiger partial charge >= 0.3 is 5.97 Å². The Labute approximate surface area is 77.2 Å². The number of methoxy groups -OCH3 is 1. The summed E-state index contributed by atoms with van der Waals surface area (Å²) in [5, 5.41) is 3.21. The third kappa shape index (κ3) is 1.75. The normalized spacial score (nSPS) is 28.8. The van der Waals surface area contributed by atoms with E-state index in [1.54, 1.807) is 11.8 Å². The standard InChI is InChI=1S/C8H15NO2S/c1-3-9-8(7(10)11-2)4-5-12-6-8/h9H,3-6H2,1-2H3. The molecule has 1 N–H and O–H groups in total. The van der Waals surface area contributed by atoms with Gasteiger partial charge in [-0.1, -0.05) is 6.92 Å². The highest BCUT2D eigenvalue weighted by molar-refractivity contribution is 7.99. The van der Waals surface area contributed by atoms with Gasteiger partial charge in [-0.05, 0) is 18.7 Å². The Bertz CT molecular complexity index is 166. The molecule has 1 fully saturated rings. The molecule has 1 aliphatic rings. The lowest BCUT2D eigenvalue weighted by atomic mass is 9.99. The fourth-order valence-electron chi connectivity index (χ4n) is 1.47. The molecule has 1 atom stereocenters. The first kappa shape index (κ1) is 9.86. The smallest absolute Gasteiger partial charge is 0.326 e. The molecule has 4 heteroatoms. The van der Waals surface area contributed by atoms with Gasteiger partial charge in [0, 0.05) is 5.75 Å². The zero-order chi connectivity index (χ0) is 9.03. The van der Waals surface area contributed by atoms with Crippen LogP contribution >= 0.6 is 11.8 Å². The number of ether oxygens (including phenoxy) is 1. The van der Waals surface area contributed by atoms with E-state index in [0.29, 0.717) is 0 Å². The molecule has 0 aliphatic carbocycles. The second-order valence-corrected chi connectivity index (χ2v) is 4.01. The van der Waals surface area contributed by atoms with Crippen molar-refractivity contribution >= 4 is 17.7 Å². The minimum absolute atomic E-state index is 0.116. The molecule has 0 saturated carbocycles. The fraction of sp³-hybridized carbons (Fsp3) is 0.875. The van der Waals surface area contributed by atoms with Gasteiger partial charge in [0.15, 0.2) is 0 Å². The number of carbonyl (C=O) groups excluding carboxylic acids is 1. The first-order valence-electron chi connectivity index (χ1n) is 4.16. The van der Waals surface area contributed by atoms with Gasteiger partial charge < -0.3 is 10.1 Å². The number of hydrogen-bond acceptors (Lipinski definition) is 4. The number of carbonyl (C=O) groups is 1. The monoisotopic (exact) mass is 189 g/mol. The van der Waals surface area contributed by atoms with Crippen LogP contribution in [0.25, 0.3) is 0 Å². The van der Waals surface area contributed by atoms with Gasteiger partial charge in [0.2, 0.25) is 0 Å². The van der Waals surface area contributed by atoms with Crippen LogP contribution in [0.15, 0.2) is 0 Å². The highest BCUT2D eigenvalue weighted by Crippen LogP contribution is 2.28. The van der Waals surface area contributed by atoms with E-state index in [1.165, 1.54) is 7.11 Å². The average Bonchev–Trinajstić information content (AvgIpc) is 2.53. The Kier molecular flexibility index (Phi) is 3.40. The van der Waals surface area contributed by atoms with Crippen LogP contribution in [-0.2, 0) is 9.53 Å². The summed E-state index contributed by atoms with van der Waals surface area (Å²) in [5.74, 6) is 1.77. The van der Waals surface area contributed by atoms with Gasteiger partial charge in [0.25, 0.3) is 0 Å². The molecule has 1 heterocycles. The lowest BCUT2D eigenvalue weighted by Gasteiger charge is -2.25. The first-order valence-corrected chi connectivity index (χ1v) is 5.32. The van der Waals surface area contributed by atoms with Crippen molar-refractivity contribution in [2.24, 2.45) is 0 Å². The van der Waals surface area contributed by atoms with Gasteiger partial charge in [-0.2, -0.15) is 11.8 Å². The summed E-state index contributed by atoms with van der Waals surface area (Å²) in [6.45, 7) is 2.82. The Morgan fingerprint density at radius 2 is 2.50 bits per heavy atom. The Morgan fingerprint density at radius 1 is 1.75 bits per heavy atom. The van der Waals surface area contributed by atoms with E-state index in [0.717, 1.165) is 24.5 Å². The molecule has 0 aromatic rings. The Balaban J connectivity index is 2.64. The average molecular weight is 189 g/mol. The molecular formula is C8H15NO2S. The third-order valence-electron chi connectivity index (χ3n) is 2.11. The van der Waals surface area contributed by atoms with Crippen LogP contribution in [0.4, 0.5) is 0 Å². The minimum atomic E-state index is -0.395. The van der Waals surface area contributed by atoms with Crippen LogP contribution in [0.5, 0.6) is 0 Å². The van der Waals surface area contributed by atoms with Crippen molar-refractivity contribution < 1.29 is 9.53 Å². The Hall–Kier alpha value is -0.220. The maximum atomic E-state index is 11.4. The van der Waals surface area contributed by atoms with Crippen LogP contribution in [0.1, 0.15) is 13.3 Å². The summed E-state index contributed by atoms with van der Waals surface area (Å²) >= 11 is 1.80. The van der Waals surface area contributed by atoms with E-state index in [9.17, 15) is 4.79 Å². The van der Waals surface area contributed by atoms with Crippen LogP contribution < -0.4 is 5.32 Å². The summed E-state index contributed by atoms with van der Waals surface area (Å²) in [4.78, 5) is 11.4. The molecule has 1 rings (SSSR count). The number of likely N-dealkylation sites (N-methyl/N-ethyl adjacent to an activating group) is 1. The summed E-state index contributed by atoms with van der Waals surface area (Å²) < 4.78 is 4.78. The molecule has 3 nitrogen and oxygen atoms in total. The summed E-state index contributed by atoms with van der Waals surface area (Å²) in [5.41, 5.74) is -0.395. The largest absolute Gasteiger partial charge is 0.468 e. The van der Waals surface area contributed by atoms with Crippen LogP contribution in [0.2, 0.25) is 0 Å². The quantitative estimate of drug-likeness (QED) is 0.661.